The van der Waals surface area contributed by atoms with Gasteiger partial charge in [0.05, 0.1) is 20.8 Å². The molecule has 0 radical (unpaired) electrons. The molecule has 0 aromatic heterocycles. The van der Waals surface area contributed by atoms with Crippen molar-refractivity contribution in [3.63, 3.8) is 0 Å². The lowest BCUT2D eigenvalue weighted by molar-refractivity contribution is -0.143. The van der Waals surface area contributed by atoms with Gasteiger partial charge < -0.3 is 14.2 Å². The van der Waals surface area contributed by atoms with Gasteiger partial charge in [0.2, 0.25) is 0 Å². The van der Waals surface area contributed by atoms with Crippen molar-refractivity contribution in [3.8, 4) is 5.75 Å². The van der Waals surface area contributed by atoms with Crippen LogP contribution in [-0.4, -0.2) is 40.8 Å². The van der Waals surface area contributed by atoms with E-state index in [1.54, 1.807) is 12.1 Å². The summed E-state index contributed by atoms with van der Waals surface area (Å²) >= 11 is 0. The summed E-state index contributed by atoms with van der Waals surface area (Å²) < 4.78 is 14.9. The Kier molecular flexibility index (Phi) is 7.71. The molecule has 0 amide bonds. The second kappa shape index (κ2) is 9.27. The molecule has 5 nitrogen and oxygen atoms in total. The summed E-state index contributed by atoms with van der Waals surface area (Å²) in [5.74, 6) is -0.692. The van der Waals surface area contributed by atoms with Crippen molar-refractivity contribution in [2.75, 3.05) is 20.8 Å². The van der Waals surface area contributed by atoms with Crippen LogP contribution in [0.3, 0.4) is 0 Å². The molecule has 6 heteroatoms. The van der Waals surface area contributed by atoms with E-state index in [9.17, 15) is 9.59 Å². The molecule has 0 heterocycles. The minimum absolute atomic E-state index is 0.149. The Labute approximate surface area is 144 Å². The molecule has 1 aromatic rings. The predicted octanol–water partition coefficient (Wildman–Crippen LogP) is 3.52. The monoisotopic (exact) mass is 350 g/mol. The van der Waals surface area contributed by atoms with Gasteiger partial charge in [0, 0.05) is 8.07 Å². The second-order valence-corrected chi connectivity index (χ2v) is 12.2. The summed E-state index contributed by atoms with van der Waals surface area (Å²) in [6.07, 6.45) is 2.48. The number of ether oxygens (including phenoxy) is 3. The summed E-state index contributed by atoms with van der Waals surface area (Å²) in [7, 11) is 1.41. The zero-order valence-corrected chi connectivity index (χ0v) is 16.0. The van der Waals surface area contributed by atoms with E-state index in [0.29, 0.717) is 12.2 Å². The normalized spacial score (nSPS) is 10.7. The number of benzene rings is 1. The van der Waals surface area contributed by atoms with Crippen LogP contribution in [-0.2, 0) is 19.1 Å². The lowest BCUT2D eigenvalue weighted by atomic mass is 10.1. The minimum Gasteiger partial charge on any atom is -0.494 e. The molecule has 0 aliphatic heterocycles. The lowest BCUT2D eigenvalue weighted by Crippen LogP contribution is -2.19. The van der Waals surface area contributed by atoms with E-state index in [4.69, 9.17) is 4.74 Å². The lowest BCUT2D eigenvalue weighted by Gasteiger charge is -2.15. The Morgan fingerprint density at radius 1 is 1.00 bits per heavy atom. The molecule has 0 spiro atoms. The molecule has 0 saturated heterocycles. The van der Waals surface area contributed by atoms with Crippen molar-refractivity contribution in [3.05, 3.63) is 35.4 Å². The van der Waals surface area contributed by atoms with Crippen molar-refractivity contribution in [1.29, 1.82) is 0 Å². The summed E-state index contributed by atoms with van der Waals surface area (Å²) in [6.45, 7) is 7.71. The molecule has 0 atom stereocenters. The average Bonchev–Trinajstić information content (AvgIpc) is 2.55. The fraction of sp³-hybridized carbons (Fsp3) is 0.444. The third-order valence-electron chi connectivity index (χ3n) is 3.34. The van der Waals surface area contributed by atoms with Crippen LogP contribution in [0.25, 0.3) is 6.08 Å². The molecule has 0 N–H and O–H groups in total. The molecule has 24 heavy (non-hydrogen) atoms. The highest BCUT2D eigenvalue weighted by molar-refractivity contribution is 6.76. The number of carbonyl (C=O) groups excluding carboxylic acids is 2. The summed E-state index contributed by atoms with van der Waals surface area (Å²) in [6, 6.07) is 8.41. The van der Waals surface area contributed by atoms with Crippen LogP contribution in [0.2, 0.25) is 25.7 Å². The number of carbonyl (C=O) groups is 2. The second-order valence-electron chi connectivity index (χ2n) is 6.62. The first-order valence-electron chi connectivity index (χ1n) is 7.88. The maximum atomic E-state index is 11.6. The van der Waals surface area contributed by atoms with Gasteiger partial charge in [-0.1, -0.05) is 37.8 Å². The van der Waals surface area contributed by atoms with E-state index in [-0.39, 0.29) is 5.57 Å². The zero-order chi connectivity index (χ0) is 18.2. The highest BCUT2D eigenvalue weighted by Gasteiger charge is 2.19. The Balaban J connectivity index is 2.70. The van der Waals surface area contributed by atoms with Crippen molar-refractivity contribution < 1.29 is 23.8 Å². The van der Waals surface area contributed by atoms with Gasteiger partial charge in [0.1, 0.15) is 11.3 Å². The van der Waals surface area contributed by atoms with Gasteiger partial charge in [-0.25, -0.2) is 9.59 Å². The first kappa shape index (κ1) is 20.0. The van der Waals surface area contributed by atoms with E-state index in [0.717, 1.165) is 12.2 Å². The Bertz CT molecular complexity index is 566. The van der Waals surface area contributed by atoms with Crippen LogP contribution in [0.15, 0.2) is 29.8 Å². The fourth-order valence-electron chi connectivity index (χ4n) is 2.04. The standard InChI is InChI=1S/C18H26O5Si/c1-21-17(19)16(18(20)22-2)13-14-7-9-15(10-8-14)23-11-6-12-24(3,4)5/h7-10,13H,6,11-12H2,1-5H3. The molecule has 1 aromatic carbocycles. The van der Waals surface area contributed by atoms with Crippen LogP contribution in [0.1, 0.15) is 12.0 Å². The molecule has 132 valence electrons. The first-order valence-corrected chi connectivity index (χ1v) is 11.6. The number of esters is 2. The van der Waals surface area contributed by atoms with Gasteiger partial charge in [-0.05, 0) is 30.2 Å². The summed E-state index contributed by atoms with van der Waals surface area (Å²) in [4.78, 5) is 23.3. The Hall–Kier alpha value is -2.08. The van der Waals surface area contributed by atoms with Crippen LogP contribution < -0.4 is 4.74 Å². The molecule has 0 unspecified atom stereocenters. The maximum Gasteiger partial charge on any atom is 0.345 e. The predicted molar refractivity (Wildman–Crippen MR) is 96.7 cm³/mol. The number of hydrogen-bond donors (Lipinski definition) is 0. The summed E-state index contributed by atoms with van der Waals surface area (Å²) in [5, 5.41) is 0. The van der Waals surface area contributed by atoms with Gasteiger partial charge in [0.25, 0.3) is 0 Å². The van der Waals surface area contributed by atoms with Crippen molar-refractivity contribution >= 4 is 26.1 Å². The molecular weight excluding hydrogens is 324 g/mol. The molecule has 0 fully saturated rings. The van der Waals surface area contributed by atoms with E-state index < -0.39 is 20.0 Å². The first-order chi connectivity index (χ1) is 11.3. The Morgan fingerprint density at radius 3 is 2.00 bits per heavy atom. The third kappa shape index (κ3) is 7.00. The molecule has 1 rings (SSSR count). The van der Waals surface area contributed by atoms with Crippen molar-refractivity contribution in [1.82, 2.24) is 0 Å². The van der Waals surface area contributed by atoms with Crippen LogP contribution in [0.4, 0.5) is 0 Å². The topological polar surface area (TPSA) is 61.8 Å². The van der Waals surface area contributed by atoms with Gasteiger partial charge in [0.15, 0.2) is 0 Å². The number of methoxy groups -OCH3 is 2. The van der Waals surface area contributed by atoms with Gasteiger partial charge >= 0.3 is 11.9 Å². The zero-order valence-electron chi connectivity index (χ0n) is 15.0. The fourth-order valence-corrected chi connectivity index (χ4v) is 3.25. The largest absolute Gasteiger partial charge is 0.494 e. The van der Waals surface area contributed by atoms with Crippen molar-refractivity contribution in [2.24, 2.45) is 0 Å². The highest BCUT2D eigenvalue weighted by atomic mass is 28.3. The average molecular weight is 350 g/mol. The van der Waals surface area contributed by atoms with Gasteiger partial charge in [-0.3, -0.25) is 0 Å². The van der Waals surface area contributed by atoms with Gasteiger partial charge in [-0.15, -0.1) is 0 Å². The van der Waals surface area contributed by atoms with E-state index in [2.05, 4.69) is 29.1 Å². The van der Waals surface area contributed by atoms with Crippen LogP contribution in [0, 0.1) is 0 Å². The van der Waals surface area contributed by atoms with E-state index in [1.165, 1.54) is 26.3 Å². The quantitative estimate of drug-likeness (QED) is 0.179. The maximum absolute atomic E-state index is 11.6. The van der Waals surface area contributed by atoms with Crippen LogP contribution in [0.5, 0.6) is 5.75 Å². The summed E-state index contributed by atoms with van der Waals surface area (Å²) in [5.41, 5.74) is 0.541. The van der Waals surface area contributed by atoms with E-state index in [1.807, 2.05) is 12.1 Å². The molecule has 0 saturated carbocycles. The van der Waals surface area contributed by atoms with Crippen LogP contribution >= 0.6 is 0 Å². The molecule has 0 bridgehead atoms. The van der Waals surface area contributed by atoms with Gasteiger partial charge in [-0.2, -0.15) is 0 Å². The molecule has 0 aliphatic rings. The number of hydrogen-bond acceptors (Lipinski definition) is 5. The Morgan fingerprint density at radius 2 is 1.54 bits per heavy atom. The SMILES string of the molecule is COC(=O)C(=Cc1ccc(OCCC[Si](C)(C)C)cc1)C(=O)OC. The molecule has 0 aliphatic carbocycles. The van der Waals surface area contributed by atoms with E-state index >= 15 is 0 Å². The smallest absolute Gasteiger partial charge is 0.345 e. The third-order valence-corrected chi connectivity index (χ3v) is 5.20. The highest BCUT2D eigenvalue weighted by Crippen LogP contribution is 2.17. The number of rotatable bonds is 8. The molecular formula is C18H26O5Si. The minimum atomic E-state index is -1.03. The van der Waals surface area contributed by atoms with Crippen molar-refractivity contribution in [2.45, 2.75) is 32.1 Å².